The largest absolute Gasteiger partial charge is 0.497 e. The van der Waals surface area contributed by atoms with Crippen LogP contribution in [-0.2, 0) is 9.59 Å². The van der Waals surface area contributed by atoms with Gasteiger partial charge in [-0.3, -0.25) is 9.59 Å². The van der Waals surface area contributed by atoms with E-state index in [1.54, 1.807) is 6.07 Å². The van der Waals surface area contributed by atoms with Gasteiger partial charge in [0, 0.05) is 18.2 Å². The Hall–Kier alpha value is -3.04. The molecule has 0 saturated carbocycles. The maximum atomic E-state index is 12.7. The van der Waals surface area contributed by atoms with E-state index in [1.165, 1.54) is 53.6 Å². The lowest BCUT2D eigenvalue weighted by atomic mass is 10.2. The van der Waals surface area contributed by atoms with Crippen LogP contribution in [0, 0.1) is 0 Å². The molecule has 0 aliphatic carbocycles. The van der Waals surface area contributed by atoms with E-state index in [-0.39, 0.29) is 27.2 Å². The summed E-state index contributed by atoms with van der Waals surface area (Å²) in [5, 5.41) is 10.8. The van der Waals surface area contributed by atoms with Crippen LogP contribution < -0.4 is 24.3 Å². The Balaban J connectivity index is 2.35. The van der Waals surface area contributed by atoms with Crippen molar-refractivity contribution in [3.8, 4) is 23.0 Å². The fraction of sp³-hybridized carbons (Fsp3) is 0.300. The second-order valence-electron chi connectivity index (χ2n) is 6.07. The highest BCUT2D eigenvalue weighted by Crippen LogP contribution is 2.38. The van der Waals surface area contributed by atoms with Gasteiger partial charge in [0.15, 0.2) is 5.78 Å². The average molecular weight is 470 g/mol. The number of azo groups is 1. The molecule has 31 heavy (non-hydrogen) atoms. The molecule has 1 amide bonds. The van der Waals surface area contributed by atoms with E-state index in [2.05, 4.69) is 15.5 Å². The summed E-state index contributed by atoms with van der Waals surface area (Å²) < 4.78 is 20.7. The minimum atomic E-state index is -1.45. The van der Waals surface area contributed by atoms with Gasteiger partial charge in [0.2, 0.25) is 6.04 Å². The lowest BCUT2D eigenvalue weighted by Crippen LogP contribution is -2.32. The molecular weight excluding hydrogens is 449 g/mol. The number of anilines is 1. The summed E-state index contributed by atoms with van der Waals surface area (Å²) in [6, 6.07) is 4.56. The lowest BCUT2D eigenvalue weighted by molar-refractivity contribution is -0.126. The number of ether oxygens (including phenoxy) is 4. The van der Waals surface area contributed by atoms with E-state index in [0.717, 1.165) is 0 Å². The molecule has 0 fully saturated rings. The first-order valence-electron chi connectivity index (χ1n) is 8.80. The third-order valence-electron chi connectivity index (χ3n) is 4.09. The van der Waals surface area contributed by atoms with Gasteiger partial charge in [0.05, 0.1) is 39.1 Å². The number of nitrogens with one attached hydrogen (secondary N) is 1. The van der Waals surface area contributed by atoms with Crippen molar-refractivity contribution in [2.75, 3.05) is 33.8 Å². The first-order chi connectivity index (χ1) is 14.7. The Bertz CT molecular complexity index is 1010. The number of ketones is 1. The van der Waals surface area contributed by atoms with Gasteiger partial charge in [-0.1, -0.05) is 23.2 Å². The quantitative estimate of drug-likeness (QED) is 0.420. The van der Waals surface area contributed by atoms with Gasteiger partial charge in [-0.2, -0.15) is 10.2 Å². The highest BCUT2D eigenvalue weighted by atomic mass is 35.5. The second-order valence-corrected chi connectivity index (χ2v) is 6.85. The minimum Gasteiger partial charge on any atom is -0.497 e. The molecule has 2 aromatic rings. The molecule has 0 aliphatic rings. The molecule has 0 bridgehead atoms. The van der Waals surface area contributed by atoms with E-state index in [9.17, 15) is 9.59 Å². The lowest BCUT2D eigenvalue weighted by Gasteiger charge is -2.14. The number of rotatable bonds is 9. The zero-order valence-electron chi connectivity index (χ0n) is 17.5. The Morgan fingerprint density at radius 2 is 1.55 bits per heavy atom. The fourth-order valence-electron chi connectivity index (χ4n) is 2.49. The molecule has 0 heterocycles. The molecule has 2 rings (SSSR count). The summed E-state index contributed by atoms with van der Waals surface area (Å²) in [6.45, 7) is 1.22. The van der Waals surface area contributed by atoms with E-state index >= 15 is 0 Å². The van der Waals surface area contributed by atoms with Crippen molar-refractivity contribution in [3.63, 3.8) is 0 Å². The monoisotopic (exact) mass is 469 g/mol. The van der Waals surface area contributed by atoms with Crippen LogP contribution in [0.2, 0.25) is 10.0 Å². The van der Waals surface area contributed by atoms with Crippen LogP contribution in [0.15, 0.2) is 34.5 Å². The Labute approximate surface area is 189 Å². The molecule has 1 N–H and O–H groups in total. The van der Waals surface area contributed by atoms with Crippen molar-refractivity contribution >= 4 is 46.3 Å². The first-order valence-corrected chi connectivity index (χ1v) is 9.56. The molecule has 0 radical (unpaired) electrons. The molecular formula is C20H21Cl2N3O6. The highest BCUT2D eigenvalue weighted by molar-refractivity contribution is 6.35. The number of methoxy groups -OCH3 is 4. The van der Waals surface area contributed by atoms with Gasteiger partial charge < -0.3 is 24.3 Å². The summed E-state index contributed by atoms with van der Waals surface area (Å²) in [5.74, 6) is 0.0798. The molecule has 1 atom stereocenters. The predicted molar refractivity (Wildman–Crippen MR) is 117 cm³/mol. The number of nitrogens with zero attached hydrogens (tertiary/aromatic N) is 2. The normalized spacial score (nSPS) is 11.7. The van der Waals surface area contributed by atoms with Crippen molar-refractivity contribution in [2.24, 2.45) is 10.2 Å². The van der Waals surface area contributed by atoms with Crippen LogP contribution in [0.25, 0.3) is 0 Å². The average Bonchev–Trinajstić information content (AvgIpc) is 2.75. The fourth-order valence-corrected chi connectivity index (χ4v) is 2.96. The van der Waals surface area contributed by atoms with E-state index in [1.807, 2.05) is 0 Å². The maximum absolute atomic E-state index is 12.7. The van der Waals surface area contributed by atoms with Gasteiger partial charge in [-0.15, -0.1) is 0 Å². The van der Waals surface area contributed by atoms with Crippen LogP contribution in [0.1, 0.15) is 6.92 Å². The standard InChI is InChI=1S/C20H21Cl2N3O6/c1-10(26)19(25-24-13-8-12(21)15(29-3)9-16(13)30-4)20(27)23-14-6-11(28-2)7-17(31-5)18(14)22/h6-9,19H,1-5H3,(H,23,27). The number of amides is 1. The van der Waals surface area contributed by atoms with Gasteiger partial charge >= 0.3 is 0 Å². The van der Waals surface area contributed by atoms with Crippen LogP contribution >= 0.6 is 23.2 Å². The highest BCUT2D eigenvalue weighted by Gasteiger charge is 2.25. The Morgan fingerprint density at radius 1 is 0.903 bits per heavy atom. The number of carbonyl (C=O) groups excluding carboxylic acids is 2. The number of Topliss-reactive ketones (excluding diaryl/α,β-unsaturated/α-hetero) is 1. The van der Waals surface area contributed by atoms with Crippen LogP contribution in [0.3, 0.4) is 0 Å². The van der Waals surface area contributed by atoms with Gasteiger partial charge in [0.25, 0.3) is 5.91 Å². The molecule has 1 unspecified atom stereocenters. The van der Waals surface area contributed by atoms with Gasteiger partial charge in [-0.25, -0.2) is 0 Å². The third-order valence-corrected chi connectivity index (χ3v) is 4.78. The molecule has 0 aromatic heterocycles. The van der Waals surface area contributed by atoms with E-state index < -0.39 is 17.7 Å². The SMILES string of the molecule is COc1cc(NC(=O)C(N=Nc2cc(Cl)c(OC)cc2OC)C(C)=O)c(Cl)c(OC)c1. The predicted octanol–water partition coefficient (Wildman–Crippen LogP) is 4.71. The zero-order valence-corrected chi connectivity index (χ0v) is 19.0. The molecule has 0 aliphatic heterocycles. The number of benzene rings is 2. The minimum absolute atomic E-state index is 0.138. The summed E-state index contributed by atoms with van der Waals surface area (Å²) in [7, 11) is 5.76. The van der Waals surface area contributed by atoms with Crippen LogP contribution in [0.5, 0.6) is 23.0 Å². The molecule has 0 spiro atoms. The van der Waals surface area contributed by atoms with Crippen LogP contribution in [0.4, 0.5) is 11.4 Å². The van der Waals surface area contributed by atoms with Crippen LogP contribution in [-0.4, -0.2) is 46.2 Å². The summed E-state index contributed by atoms with van der Waals surface area (Å²) in [5.41, 5.74) is 0.405. The first kappa shape index (κ1) is 24.2. The number of carbonyl (C=O) groups is 2. The smallest absolute Gasteiger partial charge is 0.258 e. The zero-order chi connectivity index (χ0) is 23.1. The maximum Gasteiger partial charge on any atom is 0.258 e. The molecule has 9 nitrogen and oxygen atoms in total. The van der Waals surface area contributed by atoms with Crippen molar-refractivity contribution in [3.05, 3.63) is 34.3 Å². The topological polar surface area (TPSA) is 108 Å². The number of halogens is 2. The van der Waals surface area contributed by atoms with Gasteiger partial charge in [-0.05, 0) is 13.0 Å². The third kappa shape index (κ3) is 5.77. The molecule has 166 valence electrons. The van der Waals surface area contributed by atoms with Crippen molar-refractivity contribution in [2.45, 2.75) is 13.0 Å². The summed E-state index contributed by atoms with van der Waals surface area (Å²) in [6.07, 6.45) is 0. The second kappa shape index (κ2) is 10.8. The number of hydrogen-bond acceptors (Lipinski definition) is 8. The Morgan fingerprint density at radius 3 is 2.10 bits per heavy atom. The molecule has 2 aromatic carbocycles. The van der Waals surface area contributed by atoms with E-state index in [4.69, 9.17) is 42.1 Å². The summed E-state index contributed by atoms with van der Waals surface area (Å²) in [4.78, 5) is 24.8. The number of hydrogen-bond donors (Lipinski definition) is 1. The van der Waals surface area contributed by atoms with Crippen molar-refractivity contribution in [1.82, 2.24) is 0 Å². The Kier molecular flexibility index (Phi) is 8.47. The van der Waals surface area contributed by atoms with Gasteiger partial charge in [0.1, 0.15) is 33.7 Å². The van der Waals surface area contributed by atoms with Crippen molar-refractivity contribution in [1.29, 1.82) is 0 Å². The van der Waals surface area contributed by atoms with Crippen molar-refractivity contribution < 1.29 is 28.5 Å². The molecule has 0 saturated heterocycles. The molecule has 11 heteroatoms. The summed E-state index contributed by atoms with van der Waals surface area (Å²) >= 11 is 12.4. The van der Waals surface area contributed by atoms with E-state index in [0.29, 0.717) is 17.2 Å².